The van der Waals surface area contributed by atoms with Gasteiger partial charge in [0.25, 0.3) is 0 Å². The highest BCUT2D eigenvalue weighted by molar-refractivity contribution is 5.03. The summed E-state index contributed by atoms with van der Waals surface area (Å²) in [6, 6.07) is 0. The summed E-state index contributed by atoms with van der Waals surface area (Å²) in [5.74, 6) is 2.94. The van der Waals surface area contributed by atoms with E-state index in [1.807, 2.05) is 6.92 Å². The molecule has 4 aliphatic rings. The predicted octanol–water partition coefficient (Wildman–Crippen LogP) is 2.69. The van der Waals surface area contributed by atoms with Gasteiger partial charge in [0.15, 0.2) is 0 Å². The number of hydrogen-bond donors (Lipinski definition) is 2. The molecular weight excluding hydrogens is 210 g/mol. The van der Waals surface area contributed by atoms with Gasteiger partial charge >= 0.3 is 0 Å². The van der Waals surface area contributed by atoms with E-state index in [4.69, 9.17) is 5.73 Å². The predicted molar refractivity (Wildman–Crippen MR) is 69.5 cm³/mol. The van der Waals surface area contributed by atoms with Gasteiger partial charge in [0.1, 0.15) is 0 Å². The van der Waals surface area contributed by atoms with Crippen molar-refractivity contribution in [3.63, 3.8) is 0 Å². The Bertz CT molecular complexity index is 262. The minimum atomic E-state index is -0.527. The Labute approximate surface area is 105 Å². The molecule has 2 nitrogen and oxygen atoms in total. The van der Waals surface area contributed by atoms with E-state index in [9.17, 15) is 5.11 Å². The van der Waals surface area contributed by atoms with Gasteiger partial charge in [0.2, 0.25) is 0 Å². The molecular formula is C15H27NO. The molecule has 1 atom stereocenters. The third-order valence-electron chi connectivity index (χ3n) is 5.60. The summed E-state index contributed by atoms with van der Waals surface area (Å²) < 4.78 is 0. The van der Waals surface area contributed by atoms with Crippen LogP contribution in [-0.2, 0) is 0 Å². The molecule has 4 bridgehead atoms. The van der Waals surface area contributed by atoms with Crippen molar-refractivity contribution in [2.45, 2.75) is 63.9 Å². The fourth-order valence-corrected chi connectivity index (χ4v) is 5.71. The molecule has 4 aliphatic carbocycles. The van der Waals surface area contributed by atoms with E-state index < -0.39 is 5.60 Å². The molecule has 0 heterocycles. The van der Waals surface area contributed by atoms with E-state index in [1.165, 1.54) is 38.5 Å². The lowest BCUT2D eigenvalue weighted by Gasteiger charge is -2.58. The molecule has 3 N–H and O–H groups in total. The molecule has 0 radical (unpaired) electrons. The molecule has 0 aromatic carbocycles. The Morgan fingerprint density at radius 2 is 1.59 bits per heavy atom. The zero-order valence-corrected chi connectivity index (χ0v) is 11.1. The van der Waals surface area contributed by atoms with Crippen molar-refractivity contribution in [1.82, 2.24) is 0 Å². The van der Waals surface area contributed by atoms with E-state index in [0.717, 1.165) is 30.6 Å². The van der Waals surface area contributed by atoms with E-state index in [1.54, 1.807) is 0 Å². The van der Waals surface area contributed by atoms with Crippen LogP contribution in [0.5, 0.6) is 0 Å². The molecule has 0 aromatic heterocycles. The SMILES string of the molecule is CC(O)(CCN)CC12CC3CC(CC(C3)C1)C2. The van der Waals surface area contributed by atoms with Crippen LogP contribution in [0.1, 0.15) is 58.3 Å². The highest BCUT2D eigenvalue weighted by atomic mass is 16.3. The first-order valence-electron chi connectivity index (χ1n) is 7.43. The number of rotatable bonds is 4. The Morgan fingerprint density at radius 3 is 2.00 bits per heavy atom. The van der Waals surface area contributed by atoms with Gasteiger partial charge in [-0.15, -0.1) is 0 Å². The van der Waals surface area contributed by atoms with Crippen molar-refractivity contribution in [1.29, 1.82) is 0 Å². The summed E-state index contributed by atoms with van der Waals surface area (Å²) in [6.45, 7) is 2.61. The third-order valence-corrected chi connectivity index (χ3v) is 5.60. The molecule has 2 heteroatoms. The molecule has 0 aliphatic heterocycles. The first-order valence-corrected chi connectivity index (χ1v) is 7.43. The summed E-state index contributed by atoms with van der Waals surface area (Å²) >= 11 is 0. The van der Waals surface area contributed by atoms with Gasteiger partial charge in [-0.25, -0.2) is 0 Å². The van der Waals surface area contributed by atoms with Crippen LogP contribution in [0.2, 0.25) is 0 Å². The standard InChI is InChI=1S/C15H27NO/c1-14(17,2-3-16)10-15-7-11-4-12(8-15)6-13(5-11)9-15/h11-13,17H,2-10,16H2,1H3. The second-order valence-electron chi connectivity index (χ2n) is 7.63. The normalized spacial score (nSPS) is 47.1. The van der Waals surface area contributed by atoms with Crippen LogP contribution >= 0.6 is 0 Å². The molecule has 1 unspecified atom stereocenters. The Morgan fingerprint density at radius 1 is 1.12 bits per heavy atom. The van der Waals surface area contributed by atoms with E-state index in [-0.39, 0.29) is 0 Å². The van der Waals surface area contributed by atoms with Crippen LogP contribution in [-0.4, -0.2) is 17.3 Å². The van der Waals surface area contributed by atoms with Crippen LogP contribution in [0.3, 0.4) is 0 Å². The van der Waals surface area contributed by atoms with Gasteiger partial charge < -0.3 is 10.8 Å². The van der Waals surface area contributed by atoms with Gasteiger partial charge in [0.05, 0.1) is 5.60 Å². The highest BCUT2D eigenvalue weighted by Crippen LogP contribution is 2.62. The number of nitrogens with two attached hydrogens (primary N) is 1. The summed E-state index contributed by atoms with van der Waals surface area (Å²) in [6.07, 6.45) is 10.4. The summed E-state index contributed by atoms with van der Waals surface area (Å²) in [5.41, 5.74) is 5.57. The lowest BCUT2D eigenvalue weighted by molar-refractivity contribution is -0.0996. The molecule has 98 valence electrons. The first kappa shape index (κ1) is 12.0. The highest BCUT2D eigenvalue weighted by Gasteiger charge is 2.52. The second-order valence-corrected chi connectivity index (χ2v) is 7.63. The molecule has 17 heavy (non-hydrogen) atoms. The van der Waals surface area contributed by atoms with Crippen molar-refractivity contribution in [2.75, 3.05) is 6.54 Å². The van der Waals surface area contributed by atoms with Crippen molar-refractivity contribution in [3.05, 3.63) is 0 Å². The molecule has 0 spiro atoms. The monoisotopic (exact) mass is 237 g/mol. The summed E-state index contributed by atoms with van der Waals surface area (Å²) in [4.78, 5) is 0. The Hall–Kier alpha value is -0.0800. The number of hydrogen-bond acceptors (Lipinski definition) is 2. The molecule has 4 saturated carbocycles. The smallest absolute Gasteiger partial charge is 0.0637 e. The molecule has 4 fully saturated rings. The largest absolute Gasteiger partial charge is 0.390 e. The van der Waals surface area contributed by atoms with Gasteiger partial charge in [-0.1, -0.05) is 0 Å². The van der Waals surface area contributed by atoms with Crippen molar-refractivity contribution in [3.8, 4) is 0 Å². The zero-order valence-electron chi connectivity index (χ0n) is 11.1. The van der Waals surface area contributed by atoms with Crippen LogP contribution in [0, 0.1) is 23.2 Å². The maximum Gasteiger partial charge on any atom is 0.0637 e. The van der Waals surface area contributed by atoms with Gasteiger partial charge in [0, 0.05) is 0 Å². The average molecular weight is 237 g/mol. The average Bonchev–Trinajstić information content (AvgIpc) is 2.11. The van der Waals surface area contributed by atoms with Gasteiger partial charge in [-0.05, 0) is 88.0 Å². The summed E-state index contributed by atoms with van der Waals surface area (Å²) in [5, 5.41) is 10.5. The van der Waals surface area contributed by atoms with Crippen LogP contribution in [0.4, 0.5) is 0 Å². The number of aliphatic hydroxyl groups is 1. The minimum absolute atomic E-state index is 0.480. The lowest BCUT2D eigenvalue weighted by Crippen LogP contribution is -2.49. The molecule has 0 aromatic rings. The van der Waals surface area contributed by atoms with E-state index in [0.29, 0.717) is 12.0 Å². The van der Waals surface area contributed by atoms with Crippen LogP contribution < -0.4 is 5.73 Å². The van der Waals surface area contributed by atoms with Gasteiger partial charge in [-0.2, -0.15) is 0 Å². The molecule has 0 saturated heterocycles. The second kappa shape index (κ2) is 3.96. The van der Waals surface area contributed by atoms with Crippen LogP contribution in [0.15, 0.2) is 0 Å². The fourth-order valence-electron chi connectivity index (χ4n) is 5.71. The lowest BCUT2D eigenvalue weighted by atomic mass is 9.48. The topological polar surface area (TPSA) is 46.2 Å². The third kappa shape index (κ3) is 2.26. The maximum absolute atomic E-state index is 10.5. The van der Waals surface area contributed by atoms with E-state index >= 15 is 0 Å². The minimum Gasteiger partial charge on any atom is -0.390 e. The summed E-state index contributed by atoms with van der Waals surface area (Å²) in [7, 11) is 0. The van der Waals surface area contributed by atoms with Crippen molar-refractivity contribution >= 4 is 0 Å². The maximum atomic E-state index is 10.5. The quantitative estimate of drug-likeness (QED) is 0.789. The Kier molecular flexibility index (Phi) is 2.79. The molecule has 0 amide bonds. The van der Waals surface area contributed by atoms with Crippen LogP contribution in [0.25, 0.3) is 0 Å². The van der Waals surface area contributed by atoms with Gasteiger partial charge in [-0.3, -0.25) is 0 Å². The fraction of sp³-hybridized carbons (Fsp3) is 1.00. The van der Waals surface area contributed by atoms with E-state index in [2.05, 4.69) is 0 Å². The Balaban J connectivity index is 1.74. The zero-order chi connectivity index (χ0) is 12.1. The van der Waals surface area contributed by atoms with Crippen molar-refractivity contribution in [2.24, 2.45) is 28.9 Å². The first-order chi connectivity index (χ1) is 8.00. The molecule has 4 rings (SSSR count). The van der Waals surface area contributed by atoms with Crippen molar-refractivity contribution < 1.29 is 5.11 Å².